The molecule has 25 heavy (non-hydrogen) atoms. The van der Waals surface area contributed by atoms with E-state index in [4.69, 9.17) is 9.47 Å². The number of carbonyl (C=O) groups excluding carboxylic acids is 2. The second-order valence-corrected chi connectivity index (χ2v) is 6.18. The molecule has 1 aliphatic carbocycles. The number of imidazole rings is 1. The zero-order valence-electron chi connectivity index (χ0n) is 14.0. The van der Waals surface area contributed by atoms with Gasteiger partial charge in [0.15, 0.2) is 0 Å². The number of ether oxygens (including phenoxy) is 2. The first-order chi connectivity index (χ1) is 12.0. The van der Waals surface area contributed by atoms with E-state index in [-0.39, 0.29) is 18.5 Å². The normalized spacial score (nSPS) is 26.4. The van der Waals surface area contributed by atoms with Crippen LogP contribution in [0.2, 0.25) is 0 Å². The summed E-state index contributed by atoms with van der Waals surface area (Å²) in [5.41, 5.74) is 0.909. The molecule has 8 heteroatoms. The average Bonchev–Trinajstić information content (AvgIpc) is 2.95. The van der Waals surface area contributed by atoms with Crippen molar-refractivity contribution in [3.63, 3.8) is 0 Å². The van der Waals surface area contributed by atoms with Crippen LogP contribution >= 0.6 is 0 Å². The standard InChI is InChI=1S/C17H20N2O6/c1-24-15(21)9-7-13(14(20)8-10(9)16(22)25-2)19-12-6-4-3-5-11(12)18-17(19)23/h3-6,9-10,13-14,20H,7-8H2,1-2H3,(H,18,23)/t9-,10-,13-,14-/m0/s1. The number of hydrogen-bond donors (Lipinski definition) is 2. The Morgan fingerprint density at radius 3 is 2.36 bits per heavy atom. The van der Waals surface area contributed by atoms with E-state index in [2.05, 4.69) is 4.98 Å². The Morgan fingerprint density at radius 2 is 1.72 bits per heavy atom. The van der Waals surface area contributed by atoms with Crippen LogP contribution in [-0.2, 0) is 19.1 Å². The summed E-state index contributed by atoms with van der Waals surface area (Å²) in [6.45, 7) is 0. The molecule has 1 saturated carbocycles. The minimum absolute atomic E-state index is 0.0169. The predicted molar refractivity (Wildman–Crippen MR) is 87.8 cm³/mol. The highest BCUT2D eigenvalue weighted by Gasteiger charge is 2.45. The third kappa shape index (κ3) is 2.93. The fraction of sp³-hybridized carbons (Fsp3) is 0.471. The summed E-state index contributed by atoms with van der Waals surface area (Å²) < 4.78 is 11.0. The van der Waals surface area contributed by atoms with Crippen LogP contribution in [0.1, 0.15) is 18.9 Å². The lowest BCUT2D eigenvalue weighted by Crippen LogP contribution is -2.45. The fourth-order valence-electron chi connectivity index (χ4n) is 3.67. The van der Waals surface area contributed by atoms with Gasteiger partial charge in [0.1, 0.15) is 0 Å². The van der Waals surface area contributed by atoms with Gasteiger partial charge in [0, 0.05) is 0 Å². The number of benzene rings is 1. The SMILES string of the molecule is COC(=O)[C@H]1C[C@H](O)[C@@H](n2c(=O)[nH]c3ccccc32)C[C@@H]1C(=O)OC. The van der Waals surface area contributed by atoms with Crippen molar-refractivity contribution >= 4 is 23.0 Å². The summed E-state index contributed by atoms with van der Waals surface area (Å²) >= 11 is 0. The molecule has 2 aromatic rings. The molecule has 1 aliphatic rings. The van der Waals surface area contributed by atoms with E-state index in [9.17, 15) is 19.5 Å². The molecule has 0 amide bonds. The quantitative estimate of drug-likeness (QED) is 0.786. The average molecular weight is 348 g/mol. The summed E-state index contributed by atoms with van der Waals surface area (Å²) in [7, 11) is 2.48. The van der Waals surface area contributed by atoms with Gasteiger partial charge in [0.05, 0.1) is 49.2 Å². The highest BCUT2D eigenvalue weighted by molar-refractivity contribution is 5.82. The van der Waals surface area contributed by atoms with Crippen LogP contribution in [0.5, 0.6) is 0 Å². The van der Waals surface area contributed by atoms with Crippen LogP contribution < -0.4 is 5.69 Å². The molecule has 134 valence electrons. The Kier molecular flexibility index (Phi) is 4.63. The third-order valence-corrected chi connectivity index (χ3v) is 4.88. The molecule has 2 N–H and O–H groups in total. The van der Waals surface area contributed by atoms with Gasteiger partial charge >= 0.3 is 17.6 Å². The largest absolute Gasteiger partial charge is 0.469 e. The number of methoxy groups -OCH3 is 2. The number of nitrogens with one attached hydrogen (secondary N) is 1. The van der Waals surface area contributed by atoms with Gasteiger partial charge in [0.25, 0.3) is 0 Å². The van der Waals surface area contributed by atoms with Crippen LogP contribution in [0.15, 0.2) is 29.1 Å². The number of para-hydroxylation sites is 2. The molecule has 0 radical (unpaired) electrons. The molecule has 1 heterocycles. The van der Waals surface area contributed by atoms with Gasteiger partial charge in [0.2, 0.25) is 0 Å². The van der Waals surface area contributed by atoms with E-state index in [1.807, 2.05) is 0 Å². The van der Waals surface area contributed by atoms with E-state index < -0.39 is 35.9 Å². The molecule has 1 fully saturated rings. The number of rotatable bonds is 3. The van der Waals surface area contributed by atoms with Gasteiger partial charge in [-0.25, -0.2) is 4.79 Å². The smallest absolute Gasteiger partial charge is 0.326 e. The third-order valence-electron chi connectivity index (χ3n) is 4.88. The van der Waals surface area contributed by atoms with Crippen molar-refractivity contribution in [2.45, 2.75) is 25.0 Å². The van der Waals surface area contributed by atoms with Crippen LogP contribution in [0.4, 0.5) is 0 Å². The van der Waals surface area contributed by atoms with Crippen molar-refractivity contribution in [1.29, 1.82) is 0 Å². The highest BCUT2D eigenvalue weighted by atomic mass is 16.5. The van der Waals surface area contributed by atoms with Crippen molar-refractivity contribution in [2.24, 2.45) is 11.8 Å². The summed E-state index contributed by atoms with van der Waals surface area (Å²) in [6, 6.07) is 6.46. The number of aliphatic hydroxyl groups excluding tert-OH is 1. The molecular weight excluding hydrogens is 328 g/mol. The van der Waals surface area contributed by atoms with Gasteiger partial charge < -0.3 is 19.6 Å². The molecular formula is C17H20N2O6. The van der Waals surface area contributed by atoms with E-state index in [1.165, 1.54) is 18.8 Å². The Hall–Kier alpha value is -2.61. The lowest BCUT2D eigenvalue weighted by molar-refractivity contribution is -0.163. The lowest BCUT2D eigenvalue weighted by Gasteiger charge is -2.37. The second-order valence-electron chi connectivity index (χ2n) is 6.18. The van der Waals surface area contributed by atoms with Crippen molar-refractivity contribution in [1.82, 2.24) is 9.55 Å². The number of hydrogen-bond acceptors (Lipinski definition) is 6. The van der Waals surface area contributed by atoms with Gasteiger partial charge in [-0.2, -0.15) is 0 Å². The van der Waals surface area contributed by atoms with Gasteiger partial charge in [-0.05, 0) is 25.0 Å². The first-order valence-corrected chi connectivity index (χ1v) is 8.01. The first kappa shape index (κ1) is 17.2. The number of esters is 2. The van der Waals surface area contributed by atoms with E-state index in [0.29, 0.717) is 11.0 Å². The molecule has 0 unspecified atom stereocenters. The molecule has 0 bridgehead atoms. The molecule has 8 nitrogen and oxygen atoms in total. The van der Waals surface area contributed by atoms with Crippen LogP contribution in [-0.4, -0.2) is 46.9 Å². The lowest BCUT2D eigenvalue weighted by atomic mass is 9.75. The number of nitrogens with zero attached hydrogens (tertiary/aromatic N) is 1. The molecule has 0 spiro atoms. The number of fused-ring (bicyclic) bond motifs is 1. The molecule has 0 aliphatic heterocycles. The fourth-order valence-corrected chi connectivity index (χ4v) is 3.67. The van der Waals surface area contributed by atoms with Crippen LogP contribution in [0.3, 0.4) is 0 Å². The Morgan fingerprint density at radius 1 is 1.12 bits per heavy atom. The maximum Gasteiger partial charge on any atom is 0.326 e. The zero-order chi connectivity index (χ0) is 18.1. The number of carbonyl (C=O) groups is 2. The van der Waals surface area contributed by atoms with Gasteiger partial charge in [-0.15, -0.1) is 0 Å². The van der Waals surface area contributed by atoms with Crippen molar-refractivity contribution in [3.8, 4) is 0 Å². The number of H-pyrrole nitrogens is 1. The maximum absolute atomic E-state index is 12.4. The predicted octanol–water partition coefficient (Wildman–Crippen LogP) is 0.604. The van der Waals surface area contributed by atoms with Crippen molar-refractivity contribution in [3.05, 3.63) is 34.7 Å². The molecule has 4 atom stereocenters. The highest BCUT2D eigenvalue weighted by Crippen LogP contribution is 2.38. The van der Waals surface area contributed by atoms with Crippen LogP contribution in [0.25, 0.3) is 11.0 Å². The molecule has 3 rings (SSSR count). The van der Waals surface area contributed by atoms with Crippen molar-refractivity contribution < 1.29 is 24.2 Å². The van der Waals surface area contributed by atoms with E-state index in [1.54, 1.807) is 24.3 Å². The molecule has 1 aromatic carbocycles. The monoisotopic (exact) mass is 348 g/mol. The second kappa shape index (κ2) is 6.72. The Labute approximate surface area is 143 Å². The van der Waals surface area contributed by atoms with Crippen LogP contribution in [0, 0.1) is 11.8 Å². The molecule has 0 saturated heterocycles. The first-order valence-electron chi connectivity index (χ1n) is 8.01. The number of aliphatic hydroxyl groups is 1. The zero-order valence-corrected chi connectivity index (χ0v) is 14.0. The minimum atomic E-state index is -0.970. The van der Waals surface area contributed by atoms with Gasteiger partial charge in [-0.3, -0.25) is 14.2 Å². The number of aromatic nitrogens is 2. The molecule has 1 aromatic heterocycles. The Balaban J connectivity index is 2.02. The van der Waals surface area contributed by atoms with E-state index in [0.717, 1.165) is 0 Å². The number of aromatic amines is 1. The summed E-state index contributed by atoms with van der Waals surface area (Å²) in [6.07, 6.45) is -0.847. The Bertz CT molecular complexity index is 854. The summed E-state index contributed by atoms with van der Waals surface area (Å²) in [5, 5.41) is 10.6. The summed E-state index contributed by atoms with van der Waals surface area (Å²) in [4.78, 5) is 39.3. The topological polar surface area (TPSA) is 111 Å². The maximum atomic E-state index is 12.4. The minimum Gasteiger partial charge on any atom is -0.469 e. The van der Waals surface area contributed by atoms with Crippen molar-refractivity contribution in [2.75, 3.05) is 14.2 Å². The van der Waals surface area contributed by atoms with E-state index >= 15 is 0 Å². The van der Waals surface area contributed by atoms with Gasteiger partial charge in [-0.1, -0.05) is 12.1 Å². The summed E-state index contributed by atoms with van der Waals surface area (Å²) in [5.74, 6) is -2.71.